The minimum atomic E-state index is -0.983. The number of nitrogens with zero attached hydrogens (tertiary/aromatic N) is 1. The SMILES string of the molecule is COC(=O)[C@H](CO)NCc1cccc(OC(=O)C2(C[C@@H](CNC(=O)[C@@H]3CCCN3C(=O)OC(C)(C)C)C(=O)OC(C)(C)C)CCCC2)c1. The number of esters is 3. The smallest absolute Gasteiger partial charge is 0.410 e. The zero-order valence-corrected chi connectivity index (χ0v) is 29.4. The van der Waals surface area contributed by atoms with Gasteiger partial charge in [0.25, 0.3) is 0 Å². The number of aliphatic hydroxyl groups excluding tert-OH is 1. The summed E-state index contributed by atoms with van der Waals surface area (Å²) < 4.78 is 21.8. The van der Waals surface area contributed by atoms with Crippen LogP contribution < -0.4 is 15.4 Å². The molecule has 0 aromatic heterocycles. The second-order valence-electron chi connectivity index (χ2n) is 14.7. The van der Waals surface area contributed by atoms with E-state index in [1.165, 1.54) is 12.0 Å². The molecule has 2 aliphatic rings. The molecule has 0 unspecified atom stereocenters. The maximum atomic E-state index is 13.9. The van der Waals surface area contributed by atoms with Gasteiger partial charge in [0, 0.05) is 19.6 Å². The van der Waals surface area contributed by atoms with Gasteiger partial charge in [-0.1, -0.05) is 25.0 Å². The standard InChI is InChI=1S/C35H53N3O10/c1-33(2,3)47-29(41)24(21-37-28(40)27-14-11-17-38(27)32(44)48-34(4,5)6)19-35(15-8-9-16-35)31(43)46-25-13-10-12-23(18-25)20-36-26(22-39)30(42)45-7/h10,12-13,18,24,26-27,36,39H,8-9,11,14-17,19-22H2,1-7H3,(H,37,40)/t24-,26-,27-/m0/s1. The lowest BCUT2D eigenvalue weighted by molar-refractivity contribution is -0.162. The Hall–Kier alpha value is -3.71. The summed E-state index contributed by atoms with van der Waals surface area (Å²) in [6, 6.07) is 5.20. The largest absolute Gasteiger partial charge is 0.468 e. The minimum Gasteiger partial charge on any atom is -0.468 e. The van der Waals surface area contributed by atoms with Crippen LogP contribution in [0.25, 0.3) is 0 Å². The van der Waals surface area contributed by atoms with Crippen molar-refractivity contribution >= 4 is 29.9 Å². The average Bonchev–Trinajstić information content (AvgIpc) is 3.69. The van der Waals surface area contributed by atoms with Gasteiger partial charge in [-0.05, 0) is 91.3 Å². The van der Waals surface area contributed by atoms with E-state index in [2.05, 4.69) is 15.4 Å². The van der Waals surface area contributed by atoms with Crippen LogP contribution in [0.5, 0.6) is 5.75 Å². The second kappa shape index (κ2) is 16.6. The number of likely N-dealkylation sites (tertiary alicyclic amines) is 1. The van der Waals surface area contributed by atoms with Gasteiger partial charge in [0.05, 0.1) is 25.0 Å². The summed E-state index contributed by atoms with van der Waals surface area (Å²) in [6.07, 6.45) is 3.22. The predicted octanol–water partition coefficient (Wildman–Crippen LogP) is 3.64. The van der Waals surface area contributed by atoms with Crippen molar-refractivity contribution in [1.29, 1.82) is 0 Å². The molecule has 13 nitrogen and oxygen atoms in total. The number of carbonyl (C=O) groups excluding carboxylic acids is 5. The van der Waals surface area contributed by atoms with Crippen LogP contribution in [0.4, 0.5) is 4.79 Å². The predicted molar refractivity (Wildman–Crippen MR) is 176 cm³/mol. The molecule has 2 fully saturated rings. The maximum Gasteiger partial charge on any atom is 0.410 e. The minimum absolute atomic E-state index is 0.0746. The van der Waals surface area contributed by atoms with Gasteiger partial charge in [-0.2, -0.15) is 0 Å². The number of amides is 2. The molecular weight excluding hydrogens is 622 g/mol. The molecule has 1 saturated carbocycles. The number of rotatable bonds is 13. The van der Waals surface area contributed by atoms with Crippen molar-refractivity contribution in [3.05, 3.63) is 29.8 Å². The summed E-state index contributed by atoms with van der Waals surface area (Å²) in [5, 5.41) is 15.3. The molecule has 0 spiro atoms. The van der Waals surface area contributed by atoms with Gasteiger partial charge in [-0.15, -0.1) is 0 Å². The fourth-order valence-electron chi connectivity index (χ4n) is 6.10. The second-order valence-corrected chi connectivity index (χ2v) is 14.7. The first kappa shape index (κ1) is 38.7. The van der Waals surface area contributed by atoms with Crippen molar-refractivity contribution in [1.82, 2.24) is 15.5 Å². The molecule has 268 valence electrons. The van der Waals surface area contributed by atoms with E-state index < -0.39 is 71.1 Å². The zero-order chi connectivity index (χ0) is 35.7. The summed E-state index contributed by atoms with van der Waals surface area (Å²) in [4.78, 5) is 66.8. The first-order chi connectivity index (χ1) is 22.5. The molecule has 48 heavy (non-hydrogen) atoms. The first-order valence-electron chi connectivity index (χ1n) is 16.7. The van der Waals surface area contributed by atoms with Gasteiger partial charge >= 0.3 is 24.0 Å². The van der Waals surface area contributed by atoms with Crippen LogP contribution in [0.15, 0.2) is 24.3 Å². The molecule has 1 aliphatic heterocycles. The number of carbonyl (C=O) groups is 5. The molecule has 0 bridgehead atoms. The summed E-state index contributed by atoms with van der Waals surface area (Å²) >= 11 is 0. The van der Waals surface area contributed by atoms with E-state index in [0.717, 1.165) is 12.8 Å². The van der Waals surface area contributed by atoms with Crippen LogP contribution in [0.2, 0.25) is 0 Å². The van der Waals surface area contributed by atoms with Crippen LogP contribution in [0.1, 0.15) is 92.1 Å². The van der Waals surface area contributed by atoms with Gasteiger partial charge in [-0.3, -0.25) is 29.4 Å². The lowest BCUT2D eigenvalue weighted by Gasteiger charge is -2.32. The van der Waals surface area contributed by atoms with Crippen molar-refractivity contribution in [3.63, 3.8) is 0 Å². The Morgan fingerprint density at radius 1 is 0.979 bits per heavy atom. The molecule has 1 saturated heterocycles. The third-order valence-electron chi connectivity index (χ3n) is 8.41. The van der Waals surface area contributed by atoms with E-state index in [4.69, 9.17) is 14.2 Å². The van der Waals surface area contributed by atoms with Crippen molar-refractivity contribution < 1.29 is 48.0 Å². The molecule has 1 aliphatic carbocycles. The highest BCUT2D eigenvalue weighted by atomic mass is 16.6. The molecule has 3 atom stereocenters. The quantitative estimate of drug-likeness (QED) is 0.159. The molecule has 1 heterocycles. The Balaban J connectivity index is 1.75. The highest BCUT2D eigenvalue weighted by molar-refractivity contribution is 5.87. The number of aliphatic hydroxyl groups is 1. The molecule has 1 aromatic carbocycles. The van der Waals surface area contributed by atoms with Gasteiger partial charge in [-0.25, -0.2) is 4.79 Å². The summed E-state index contributed by atoms with van der Waals surface area (Å²) in [5.74, 6) is -2.54. The Labute approximate surface area is 283 Å². The van der Waals surface area contributed by atoms with Crippen molar-refractivity contribution in [2.45, 2.75) is 116 Å². The third kappa shape index (κ3) is 11.2. The molecule has 13 heteroatoms. The van der Waals surface area contributed by atoms with Crippen molar-refractivity contribution in [2.75, 3.05) is 26.8 Å². The van der Waals surface area contributed by atoms with E-state index in [0.29, 0.717) is 43.5 Å². The Kier molecular flexibility index (Phi) is 13.4. The van der Waals surface area contributed by atoms with E-state index in [1.807, 2.05) is 0 Å². The van der Waals surface area contributed by atoms with Crippen LogP contribution in [-0.2, 0) is 39.9 Å². The monoisotopic (exact) mass is 675 g/mol. The zero-order valence-electron chi connectivity index (χ0n) is 29.4. The van der Waals surface area contributed by atoms with E-state index in [9.17, 15) is 29.1 Å². The van der Waals surface area contributed by atoms with Crippen LogP contribution >= 0.6 is 0 Å². The Morgan fingerprint density at radius 2 is 1.65 bits per heavy atom. The molecule has 0 radical (unpaired) electrons. The number of methoxy groups -OCH3 is 1. The fourth-order valence-corrected chi connectivity index (χ4v) is 6.10. The van der Waals surface area contributed by atoms with Gasteiger partial charge in [0.2, 0.25) is 5.91 Å². The van der Waals surface area contributed by atoms with Crippen molar-refractivity contribution in [2.24, 2.45) is 11.3 Å². The molecule has 3 rings (SSSR count). The van der Waals surface area contributed by atoms with E-state index in [-0.39, 0.29) is 19.5 Å². The molecule has 3 N–H and O–H groups in total. The fraction of sp³-hybridized carbons (Fsp3) is 0.686. The molecule has 2 amide bonds. The highest BCUT2D eigenvalue weighted by Gasteiger charge is 2.47. The van der Waals surface area contributed by atoms with Gasteiger partial charge in [0.1, 0.15) is 29.0 Å². The first-order valence-corrected chi connectivity index (χ1v) is 16.7. The number of benzene rings is 1. The van der Waals surface area contributed by atoms with Gasteiger partial charge < -0.3 is 29.4 Å². The van der Waals surface area contributed by atoms with Crippen LogP contribution in [-0.4, -0.2) is 90.0 Å². The molecule has 1 aromatic rings. The topological polar surface area (TPSA) is 170 Å². The third-order valence-corrected chi connectivity index (χ3v) is 8.41. The highest BCUT2D eigenvalue weighted by Crippen LogP contribution is 2.45. The Bertz CT molecular complexity index is 1300. The summed E-state index contributed by atoms with van der Waals surface area (Å²) in [7, 11) is 1.24. The number of nitrogens with one attached hydrogen (secondary N) is 2. The Morgan fingerprint density at radius 3 is 2.25 bits per heavy atom. The average molecular weight is 676 g/mol. The van der Waals surface area contributed by atoms with Gasteiger partial charge in [0.15, 0.2) is 0 Å². The van der Waals surface area contributed by atoms with E-state index >= 15 is 0 Å². The normalized spacial score (nSPS) is 18.8. The number of hydrogen-bond donors (Lipinski definition) is 3. The lowest BCUT2D eigenvalue weighted by Crippen LogP contribution is -2.49. The maximum absolute atomic E-state index is 13.9. The summed E-state index contributed by atoms with van der Waals surface area (Å²) in [5.41, 5.74) is -1.77. The summed E-state index contributed by atoms with van der Waals surface area (Å²) in [6.45, 7) is 10.7. The number of hydrogen-bond acceptors (Lipinski definition) is 11. The lowest BCUT2D eigenvalue weighted by atomic mass is 9.77. The van der Waals surface area contributed by atoms with Crippen LogP contribution in [0, 0.1) is 11.3 Å². The van der Waals surface area contributed by atoms with Crippen LogP contribution in [0.3, 0.4) is 0 Å². The van der Waals surface area contributed by atoms with Crippen molar-refractivity contribution in [3.8, 4) is 5.75 Å². The van der Waals surface area contributed by atoms with E-state index in [1.54, 1.807) is 65.8 Å². The number of ether oxygens (including phenoxy) is 4. The molecular formula is C35H53N3O10.